The van der Waals surface area contributed by atoms with Crippen LogP contribution >= 0.6 is 0 Å². The predicted octanol–water partition coefficient (Wildman–Crippen LogP) is 2.63. The number of rotatable bonds is 3. The lowest BCUT2D eigenvalue weighted by Crippen LogP contribution is -2.06. The molecule has 0 unspecified atom stereocenters. The number of benzene rings is 1. The van der Waals surface area contributed by atoms with Crippen molar-refractivity contribution in [3.8, 4) is 22.8 Å². The Hall–Kier alpha value is -2.50. The summed E-state index contributed by atoms with van der Waals surface area (Å²) in [6.45, 7) is 0. The molecule has 0 amide bonds. The van der Waals surface area contributed by atoms with Gasteiger partial charge in [-0.2, -0.15) is 0 Å². The van der Waals surface area contributed by atoms with E-state index in [1.54, 1.807) is 13.2 Å². The molecule has 1 aromatic carbocycles. The summed E-state index contributed by atoms with van der Waals surface area (Å²) in [4.78, 5) is 10.9. The van der Waals surface area contributed by atoms with Crippen molar-refractivity contribution in [3.63, 3.8) is 0 Å². The number of methoxy groups -OCH3 is 1. The van der Waals surface area contributed by atoms with E-state index in [1.807, 2.05) is 0 Å². The van der Waals surface area contributed by atoms with Crippen LogP contribution in [0.2, 0.25) is 0 Å². The number of aromatic carboxylic acids is 1. The molecule has 110 valence electrons. The fourth-order valence-electron chi connectivity index (χ4n) is 2.77. The number of hydrogen-bond donors (Lipinski definition) is 2. The topological polar surface area (TPSA) is 92.8 Å². The molecule has 0 spiro atoms. The fourth-order valence-corrected chi connectivity index (χ4v) is 2.77. The minimum Gasteiger partial charge on any atom is -0.507 e. The van der Waals surface area contributed by atoms with Gasteiger partial charge in [-0.1, -0.05) is 5.16 Å². The molecule has 1 aliphatic rings. The minimum atomic E-state index is -1.20. The third-order valence-corrected chi connectivity index (χ3v) is 3.80. The van der Waals surface area contributed by atoms with Crippen molar-refractivity contribution in [1.82, 2.24) is 5.16 Å². The number of hydrogen-bond acceptors (Lipinski definition) is 5. The highest BCUT2D eigenvalue weighted by atomic mass is 16.5. The molecule has 3 rings (SSSR count). The summed E-state index contributed by atoms with van der Waals surface area (Å²) in [7, 11) is 1.58. The molecule has 2 aromatic rings. The third-order valence-electron chi connectivity index (χ3n) is 3.80. The lowest BCUT2D eigenvalue weighted by atomic mass is 9.88. The van der Waals surface area contributed by atoms with Gasteiger partial charge in [-0.15, -0.1) is 0 Å². The first-order chi connectivity index (χ1) is 10.1. The Morgan fingerprint density at radius 1 is 1.29 bits per heavy atom. The van der Waals surface area contributed by atoms with E-state index in [0.29, 0.717) is 11.3 Å². The Morgan fingerprint density at radius 3 is 2.62 bits per heavy atom. The highest BCUT2D eigenvalue weighted by Gasteiger charge is 2.23. The summed E-state index contributed by atoms with van der Waals surface area (Å²) in [5.74, 6) is -0.632. The van der Waals surface area contributed by atoms with Gasteiger partial charge in [0.1, 0.15) is 17.2 Å². The van der Waals surface area contributed by atoms with Gasteiger partial charge in [0.05, 0.1) is 7.11 Å². The average molecular weight is 289 g/mol. The van der Waals surface area contributed by atoms with E-state index in [-0.39, 0.29) is 17.2 Å². The number of carboxylic acid groups (broad SMARTS) is 1. The van der Waals surface area contributed by atoms with Crippen LogP contribution in [0.4, 0.5) is 0 Å². The smallest absolute Gasteiger partial charge is 0.374 e. The summed E-state index contributed by atoms with van der Waals surface area (Å²) in [5.41, 5.74) is 2.60. The van der Waals surface area contributed by atoms with Gasteiger partial charge >= 0.3 is 5.97 Å². The molecule has 0 fully saturated rings. The third kappa shape index (κ3) is 2.22. The Balaban J connectivity index is 2.15. The Labute approximate surface area is 121 Å². The minimum absolute atomic E-state index is 0.135. The Bertz CT molecular complexity index is 704. The number of fused-ring (bicyclic) bond motifs is 1. The van der Waals surface area contributed by atoms with Crippen molar-refractivity contribution in [2.24, 2.45) is 0 Å². The lowest BCUT2D eigenvalue weighted by molar-refractivity contribution is 0.0652. The van der Waals surface area contributed by atoms with Gasteiger partial charge in [0.2, 0.25) is 5.76 Å². The van der Waals surface area contributed by atoms with Crippen LogP contribution in [0, 0.1) is 0 Å². The molecule has 1 aliphatic carbocycles. The lowest BCUT2D eigenvalue weighted by Gasteiger charge is -2.21. The normalized spacial score (nSPS) is 13.8. The van der Waals surface area contributed by atoms with Gasteiger partial charge in [0.25, 0.3) is 0 Å². The van der Waals surface area contributed by atoms with Crippen LogP contribution in [0.15, 0.2) is 16.7 Å². The van der Waals surface area contributed by atoms with Crippen molar-refractivity contribution >= 4 is 5.97 Å². The molecule has 0 saturated carbocycles. The molecule has 0 saturated heterocycles. The van der Waals surface area contributed by atoms with Crippen LogP contribution in [0.5, 0.6) is 11.5 Å². The van der Waals surface area contributed by atoms with E-state index in [1.165, 1.54) is 6.07 Å². The number of nitrogens with zero attached hydrogens (tertiary/aromatic N) is 1. The number of ether oxygens (including phenoxy) is 1. The molecule has 0 bridgehead atoms. The number of phenols is 1. The number of aromatic nitrogens is 1. The van der Waals surface area contributed by atoms with Crippen LogP contribution in [-0.4, -0.2) is 28.4 Å². The zero-order valence-electron chi connectivity index (χ0n) is 11.5. The number of phenolic OH excluding ortho intramolecular Hbond substituents is 1. The van der Waals surface area contributed by atoms with Crippen molar-refractivity contribution in [1.29, 1.82) is 0 Å². The van der Waals surface area contributed by atoms with Gasteiger partial charge in [-0.25, -0.2) is 4.79 Å². The standard InChI is InChI=1S/C15H15NO5/c1-20-12-6-10(11-7-13(15(18)19)21-16-11)14(17)9-5-3-2-4-8(9)12/h6-7,17H,2-5H2,1H3,(H,18,19). The summed E-state index contributed by atoms with van der Waals surface area (Å²) < 4.78 is 10.1. The van der Waals surface area contributed by atoms with E-state index in [0.717, 1.165) is 36.8 Å². The first kappa shape index (κ1) is 13.5. The van der Waals surface area contributed by atoms with Crippen LogP contribution < -0.4 is 4.74 Å². The van der Waals surface area contributed by atoms with Crippen molar-refractivity contribution in [3.05, 3.63) is 29.0 Å². The van der Waals surface area contributed by atoms with E-state index >= 15 is 0 Å². The zero-order valence-corrected chi connectivity index (χ0v) is 11.5. The van der Waals surface area contributed by atoms with Gasteiger partial charge < -0.3 is 19.5 Å². The van der Waals surface area contributed by atoms with E-state index in [4.69, 9.17) is 14.4 Å². The number of aromatic hydroxyl groups is 1. The largest absolute Gasteiger partial charge is 0.507 e. The van der Waals surface area contributed by atoms with Crippen LogP contribution in [0.3, 0.4) is 0 Å². The molecule has 0 radical (unpaired) electrons. The van der Waals surface area contributed by atoms with Crippen LogP contribution in [0.25, 0.3) is 11.3 Å². The van der Waals surface area contributed by atoms with Crippen molar-refractivity contribution in [2.75, 3.05) is 7.11 Å². The molecule has 1 aromatic heterocycles. The zero-order chi connectivity index (χ0) is 15.0. The number of carboxylic acids is 1. The molecule has 21 heavy (non-hydrogen) atoms. The molecular formula is C15H15NO5. The molecule has 0 aliphatic heterocycles. The van der Waals surface area contributed by atoms with Crippen molar-refractivity contribution < 1.29 is 24.3 Å². The maximum atomic E-state index is 10.9. The molecule has 0 atom stereocenters. The SMILES string of the molecule is COc1cc(-c2cc(C(=O)O)on2)c(O)c2c1CCCC2. The molecule has 6 heteroatoms. The molecule has 2 N–H and O–H groups in total. The highest BCUT2D eigenvalue weighted by molar-refractivity contribution is 5.86. The van der Waals surface area contributed by atoms with Gasteiger partial charge in [-0.3, -0.25) is 0 Å². The quantitative estimate of drug-likeness (QED) is 0.902. The maximum Gasteiger partial charge on any atom is 0.374 e. The first-order valence-corrected chi connectivity index (χ1v) is 6.74. The Kier molecular flexibility index (Phi) is 3.29. The predicted molar refractivity (Wildman–Crippen MR) is 73.8 cm³/mol. The number of carbonyl (C=O) groups is 1. The second-order valence-electron chi connectivity index (χ2n) is 5.02. The van der Waals surface area contributed by atoms with E-state index in [9.17, 15) is 9.90 Å². The monoisotopic (exact) mass is 289 g/mol. The van der Waals surface area contributed by atoms with Gasteiger partial charge in [-0.05, 0) is 31.7 Å². The van der Waals surface area contributed by atoms with Crippen molar-refractivity contribution in [2.45, 2.75) is 25.7 Å². The Morgan fingerprint density at radius 2 is 2.00 bits per heavy atom. The molecule has 1 heterocycles. The second kappa shape index (κ2) is 5.12. The fraction of sp³-hybridized carbons (Fsp3) is 0.333. The van der Waals surface area contributed by atoms with Crippen LogP contribution in [0.1, 0.15) is 34.5 Å². The summed E-state index contributed by atoms with van der Waals surface area (Å²) in [5, 5.41) is 23.1. The molecular weight excluding hydrogens is 274 g/mol. The average Bonchev–Trinajstić information content (AvgIpc) is 2.98. The molecule has 6 nitrogen and oxygen atoms in total. The maximum absolute atomic E-state index is 10.9. The highest BCUT2D eigenvalue weighted by Crippen LogP contribution is 2.42. The summed E-state index contributed by atoms with van der Waals surface area (Å²) in [6.07, 6.45) is 3.71. The van der Waals surface area contributed by atoms with E-state index in [2.05, 4.69) is 5.16 Å². The first-order valence-electron chi connectivity index (χ1n) is 6.74. The van der Waals surface area contributed by atoms with E-state index < -0.39 is 5.97 Å². The van der Waals surface area contributed by atoms with Gasteiger partial charge in [0.15, 0.2) is 0 Å². The summed E-state index contributed by atoms with van der Waals surface area (Å²) >= 11 is 0. The summed E-state index contributed by atoms with van der Waals surface area (Å²) in [6, 6.07) is 2.98. The van der Waals surface area contributed by atoms with Crippen LogP contribution in [-0.2, 0) is 12.8 Å². The van der Waals surface area contributed by atoms with Gasteiger partial charge in [0, 0.05) is 22.8 Å². The second-order valence-corrected chi connectivity index (χ2v) is 5.02.